The maximum absolute atomic E-state index is 13.6. The smallest absolute Gasteiger partial charge is 0.416 e. The highest BCUT2D eigenvalue weighted by molar-refractivity contribution is 7.91. The van der Waals surface area contributed by atoms with Crippen LogP contribution in [0.4, 0.5) is 23.7 Å². The summed E-state index contributed by atoms with van der Waals surface area (Å²) in [4.78, 5) is 28.7. The topological polar surface area (TPSA) is 164 Å². The third-order valence-corrected chi connectivity index (χ3v) is 8.45. The Balaban J connectivity index is 2.10. The van der Waals surface area contributed by atoms with Crippen molar-refractivity contribution in [3.8, 4) is 6.07 Å². The minimum atomic E-state index is -4.71. The number of carbonyl (C=O) groups is 2. The number of hydrogen-bond acceptors (Lipinski definition) is 8. The van der Waals surface area contributed by atoms with Gasteiger partial charge in [-0.2, -0.15) is 18.4 Å². The molecule has 1 unspecified atom stereocenters. The highest BCUT2D eigenvalue weighted by Gasteiger charge is 2.44. The summed E-state index contributed by atoms with van der Waals surface area (Å²) >= 11 is 0. The number of aliphatic hydroxyl groups excluding tert-OH is 1. The highest BCUT2D eigenvalue weighted by Crippen LogP contribution is 2.41. The predicted octanol–water partition coefficient (Wildman–Crippen LogP) is 3.72. The summed E-state index contributed by atoms with van der Waals surface area (Å²) in [6.45, 7) is 0.965. The molecular formula is C28H30F3N5O6S. The average Bonchev–Trinajstić information content (AvgIpc) is 2.97. The van der Waals surface area contributed by atoms with E-state index in [-0.39, 0.29) is 60.0 Å². The number of methoxy groups -OCH3 is 1. The van der Waals surface area contributed by atoms with Crippen molar-refractivity contribution >= 4 is 33.5 Å². The van der Waals surface area contributed by atoms with Crippen LogP contribution in [-0.2, 0) is 25.5 Å². The lowest BCUT2D eigenvalue weighted by atomic mass is 9.92. The Kier molecular flexibility index (Phi) is 10.5. The molecule has 1 aliphatic heterocycles. The summed E-state index contributed by atoms with van der Waals surface area (Å²) < 4.78 is 69.9. The molecule has 15 heteroatoms. The predicted molar refractivity (Wildman–Crippen MR) is 150 cm³/mol. The SMILES string of the molecule is COC(=O)C1=C(C)N(c2cccc(C(F)(F)F)c2)C(=N)N(C(=O)NCCCS(=O)(=O)CCCO)C1c1ccc(C#N)cc1. The van der Waals surface area contributed by atoms with E-state index >= 15 is 0 Å². The Hall–Kier alpha value is -4.42. The van der Waals surface area contributed by atoms with Crippen molar-refractivity contribution in [3.05, 3.63) is 76.5 Å². The van der Waals surface area contributed by atoms with Crippen LogP contribution in [-0.4, -0.2) is 68.2 Å². The minimum absolute atomic E-state index is 0.00171. The third-order valence-electron chi connectivity index (χ3n) is 6.63. The van der Waals surface area contributed by atoms with Crippen LogP contribution in [0.1, 0.15) is 42.5 Å². The number of ether oxygens (including phenoxy) is 1. The highest BCUT2D eigenvalue weighted by atomic mass is 32.2. The van der Waals surface area contributed by atoms with Gasteiger partial charge in [0.2, 0.25) is 5.96 Å². The zero-order chi connectivity index (χ0) is 31.9. The van der Waals surface area contributed by atoms with Crippen LogP contribution in [0.3, 0.4) is 0 Å². The second kappa shape index (κ2) is 13.7. The van der Waals surface area contributed by atoms with Crippen LogP contribution in [0.5, 0.6) is 0 Å². The van der Waals surface area contributed by atoms with Crippen LogP contribution in [0, 0.1) is 16.7 Å². The first-order valence-electron chi connectivity index (χ1n) is 13.0. The van der Waals surface area contributed by atoms with Gasteiger partial charge in [0.25, 0.3) is 0 Å². The van der Waals surface area contributed by atoms with Gasteiger partial charge in [-0.1, -0.05) is 18.2 Å². The number of rotatable bonds is 10. The van der Waals surface area contributed by atoms with Crippen molar-refractivity contribution in [3.63, 3.8) is 0 Å². The Labute approximate surface area is 246 Å². The van der Waals surface area contributed by atoms with E-state index in [0.717, 1.165) is 35.1 Å². The van der Waals surface area contributed by atoms with E-state index in [1.165, 1.54) is 37.3 Å². The standard InChI is InChI=1S/C28H30F3N5O6S/c1-18-23(25(38)42-2)24(20-10-8-19(17-32)9-11-20)36(27(39)34-12-4-14-43(40,41)15-5-13-37)26(33)35(18)22-7-3-6-21(16-22)28(29,30)31/h3,6-11,16,24,33,37H,4-5,12-15H2,1-2H3,(H,34,39). The number of alkyl halides is 3. The summed E-state index contributed by atoms with van der Waals surface area (Å²) in [5.41, 5.74) is -0.706. The number of halogens is 3. The molecule has 11 nitrogen and oxygen atoms in total. The molecule has 0 spiro atoms. The molecule has 1 aliphatic rings. The number of sulfone groups is 1. The van der Waals surface area contributed by atoms with Crippen molar-refractivity contribution in [2.24, 2.45) is 0 Å². The fourth-order valence-electron chi connectivity index (χ4n) is 4.57. The number of allylic oxidation sites excluding steroid dienone is 1. The van der Waals surface area contributed by atoms with E-state index < -0.39 is 45.6 Å². The summed E-state index contributed by atoms with van der Waals surface area (Å²) in [5, 5.41) is 29.6. The first kappa shape index (κ1) is 33.1. The lowest BCUT2D eigenvalue weighted by molar-refractivity contribution is -0.138. The van der Waals surface area contributed by atoms with Crippen molar-refractivity contribution in [2.45, 2.75) is 32.0 Å². The van der Waals surface area contributed by atoms with Gasteiger partial charge in [0, 0.05) is 24.5 Å². The number of esters is 1. The molecule has 3 N–H and O–H groups in total. The largest absolute Gasteiger partial charge is 0.466 e. The number of urea groups is 1. The second-order valence-electron chi connectivity index (χ2n) is 9.52. The zero-order valence-corrected chi connectivity index (χ0v) is 24.1. The van der Waals surface area contributed by atoms with Crippen molar-refractivity contribution in [2.75, 3.05) is 36.7 Å². The van der Waals surface area contributed by atoms with Gasteiger partial charge in [0.1, 0.15) is 15.9 Å². The van der Waals surface area contributed by atoms with Gasteiger partial charge in [-0.25, -0.2) is 18.0 Å². The van der Waals surface area contributed by atoms with Crippen LogP contribution >= 0.6 is 0 Å². The molecule has 1 heterocycles. The normalized spacial score (nSPS) is 15.7. The Morgan fingerprint density at radius 3 is 2.37 bits per heavy atom. The molecule has 2 amide bonds. The van der Waals surface area contributed by atoms with E-state index in [2.05, 4.69) is 5.32 Å². The number of nitriles is 1. The fourth-order valence-corrected chi connectivity index (χ4v) is 5.93. The number of nitrogens with one attached hydrogen (secondary N) is 2. The van der Waals surface area contributed by atoms with Crippen molar-refractivity contribution in [1.29, 1.82) is 10.7 Å². The quantitative estimate of drug-likeness (QED) is 0.267. The van der Waals surface area contributed by atoms with Gasteiger partial charge in [-0.05, 0) is 55.7 Å². The van der Waals surface area contributed by atoms with Gasteiger partial charge >= 0.3 is 18.2 Å². The number of carbonyl (C=O) groups excluding carboxylic acids is 2. The zero-order valence-electron chi connectivity index (χ0n) is 23.3. The first-order valence-corrected chi connectivity index (χ1v) is 14.8. The summed E-state index contributed by atoms with van der Waals surface area (Å²) in [5.74, 6) is -2.02. The lowest BCUT2D eigenvalue weighted by Crippen LogP contribution is -2.56. The number of aliphatic hydroxyl groups is 1. The molecule has 0 radical (unpaired) electrons. The van der Waals surface area contributed by atoms with Crippen LogP contribution < -0.4 is 10.2 Å². The van der Waals surface area contributed by atoms with E-state index in [1.54, 1.807) is 0 Å². The fraction of sp³-hybridized carbons (Fsp3) is 0.357. The molecular weight excluding hydrogens is 591 g/mol. The third kappa shape index (κ3) is 7.70. The lowest BCUT2D eigenvalue weighted by Gasteiger charge is -2.43. The Morgan fingerprint density at radius 1 is 1.14 bits per heavy atom. The number of benzene rings is 2. The molecule has 0 aliphatic carbocycles. The molecule has 0 saturated carbocycles. The first-order chi connectivity index (χ1) is 20.3. The molecule has 2 aromatic rings. The van der Waals surface area contributed by atoms with Crippen LogP contribution in [0.25, 0.3) is 0 Å². The average molecular weight is 622 g/mol. The Morgan fingerprint density at radius 2 is 1.79 bits per heavy atom. The minimum Gasteiger partial charge on any atom is -0.466 e. The van der Waals surface area contributed by atoms with Crippen LogP contribution in [0.2, 0.25) is 0 Å². The number of guanidine groups is 1. The molecule has 0 aromatic heterocycles. The maximum Gasteiger partial charge on any atom is 0.416 e. The molecule has 1 atom stereocenters. The molecule has 230 valence electrons. The Bertz CT molecular complexity index is 1550. The number of hydrogen-bond donors (Lipinski definition) is 3. The molecule has 0 saturated heterocycles. The summed E-state index contributed by atoms with van der Waals surface area (Å²) in [6.07, 6.45) is -4.64. The van der Waals surface area contributed by atoms with Gasteiger partial charge in [0.05, 0.1) is 41.4 Å². The van der Waals surface area contributed by atoms with E-state index in [4.69, 9.17) is 15.3 Å². The summed E-state index contributed by atoms with van der Waals surface area (Å²) in [7, 11) is -2.40. The number of amides is 2. The molecule has 0 fully saturated rings. The number of nitrogens with zero attached hydrogens (tertiary/aromatic N) is 3. The van der Waals surface area contributed by atoms with E-state index in [9.17, 15) is 36.4 Å². The number of anilines is 1. The van der Waals surface area contributed by atoms with Gasteiger partial charge in [-0.3, -0.25) is 15.2 Å². The molecule has 2 aromatic carbocycles. The van der Waals surface area contributed by atoms with Gasteiger partial charge in [-0.15, -0.1) is 0 Å². The van der Waals surface area contributed by atoms with Crippen LogP contribution in [0.15, 0.2) is 59.8 Å². The van der Waals surface area contributed by atoms with Crippen molar-refractivity contribution in [1.82, 2.24) is 10.2 Å². The molecule has 43 heavy (non-hydrogen) atoms. The molecule has 3 rings (SSSR count). The summed E-state index contributed by atoms with van der Waals surface area (Å²) in [6, 6.07) is 9.60. The van der Waals surface area contributed by atoms with E-state index in [0.29, 0.717) is 5.56 Å². The van der Waals surface area contributed by atoms with Gasteiger partial charge < -0.3 is 15.2 Å². The maximum atomic E-state index is 13.6. The molecule has 0 bridgehead atoms. The van der Waals surface area contributed by atoms with E-state index in [1.807, 2.05) is 6.07 Å². The van der Waals surface area contributed by atoms with Crippen molar-refractivity contribution < 1.29 is 41.0 Å². The monoisotopic (exact) mass is 621 g/mol. The van der Waals surface area contributed by atoms with Gasteiger partial charge in [0.15, 0.2) is 0 Å². The second-order valence-corrected chi connectivity index (χ2v) is 11.8.